The summed E-state index contributed by atoms with van der Waals surface area (Å²) in [5, 5.41) is 3.17. The Labute approximate surface area is 117 Å². The van der Waals surface area contributed by atoms with Crippen LogP contribution in [-0.2, 0) is 4.79 Å². The number of primary amides is 1. The molecule has 1 unspecified atom stereocenters. The molecular formula is C13H24F3N3O. The molecule has 0 aliphatic heterocycles. The summed E-state index contributed by atoms with van der Waals surface area (Å²) in [5.41, 5.74) is 4.64. The maximum atomic E-state index is 12.2. The standard InChI is InChI=1S/C13H24F3N3O/c1-3-7-18-12(11(17)20,10-4-5-10)9-19(2)8-6-13(14,15)16/h10,18H,3-9H2,1-2H3,(H2,17,20). The van der Waals surface area contributed by atoms with Crippen LogP contribution in [0.2, 0.25) is 0 Å². The number of halogens is 3. The first-order valence-electron chi connectivity index (χ1n) is 7.01. The van der Waals surface area contributed by atoms with Crippen molar-refractivity contribution in [2.45, 2.75) is 44.3 Å². The third kappa shape index (κ3) is 4.94. The molecule has 1 amide bonds. The van der Waals surface area contributed by atoms with Gasteiger partial charge >= 0.3 is 6.18 Å². The Morgan fingerprint density at radius 3 is 2.40 bits per heavy atom. The van der Waals surface area contributed by atoms with Gasteiger partial charge in [0.2, 0.25) is 5.91 Å². The first kappa shape index (κ1) is 17.2. The minimum atomic E-state index is -4.18. The molecule has 0 radical (unpaired) electrons. The maximum absolute atomic E-state index is 12.2. The van der Waals surface area contributed by atoms with Crippen LogP contribution >= 0.6 is 0 Å². The molecule has 1 rings (SSSR count). The van der Waals surface area contributed by atoms with Crippen LogP contribution in [0, 0.1) is 5.92 Å². The second-order valence-electron chi connectivity index (χ2n) is 5.64. The molecule has 4 nitrogen and oxygen atoms in total. The van der Waals surface area contributed by atoms with Crippen LogP contribution in [0.15, 0.2) is 0 Å². The number of hydrogen-bond donors (Lipinski definition) is 2. The Hall–Kier alpha value is -0.820. The number of nitrogens with two attached hydrogens (primary N) is 1. The fraction of sp³-hybridized carbons (Fsp3) is 0.923. The van der Waals surface area contributed by atoms with E-state index in [4.69, 9.17) is 5.73 Å². The zero-order valence-electron chi connectivity index (χ0n) is 12.1. The van der Waals surface area contributed by atoms with Crippen LogP contribution in [0.4, 0.5) is 13.2 Å². The van der Waals surface area contributed by atoms with Crippen LogP contribution in [0.1, 0.15) is 32.6 Å². The third-order valence-electron chi connectivity index (χ3n) is 3.70. The van der Waals surface area contributed by atoms with Gasteiger partial charge in [0.05, 0.1) is 6.42 Å². The highest BCUT2D eigenvalue weighted by atomic mass is 19.4. The SMILES string of the molecule is CCCNC(CN(C)CCC(F)(F)F)(C(N)=O)C1CC1. The Morgan fingerprint density at radius 2 is 2.00 bits per heavy atom. The van der Waals surface area contributed by atoms with Gasteiger partial charge in [0.15, 0.2) is 0 Å². The Bertz CT molecular complexity index is 331. The van der Waals surface area contributed by atoms with E-state index in [2.05, 4.69) is 5.32 Å². The zero-order valence-corrected chi connectivity index (χ0v) is 12.1. The van der Waals surface area contributed by atoms with Gasteiger partial charge in [0.1, 0.15) is 5.54 Å². The first-order chi connectivity index (χ1) is 9.21. The number of alkyl halides is 3. The normalized spacial score (nSPS) is 19.1. The van der Waals surface area contributed by atoms with Crippen LogP contribution in [0.3, 0.4) is 0 Å². The van der Waals surface area contributed by atoms with Crippen LogP contribution in [0.25, 0.3) is 0 Å². The molecule has 118 valence electrons. The van der Waals surface area contributed by atoms with E-state index in [1.165, 1.54) is 0 Å². The molecular weight excluding hydrogens is 271 g/mol. The van der Waals surface area contributed by atoms with Crippen LogP contribution in [-0.4, -0.2) is 49.2 Å². The number of hydrogen-bond acceptors (Lipinski definition) is 3. The summed E-state index contributed by atoms with van der Waals surface area (Å²) >= 11 is 0. The monoisotopic (exact) mass is 295 g/mol. The van der Waals surface area contributed by atoms with Crippen molar-refractivity contribution in [1.29, 1.82) is 0 Å². The van der Waals surface area contributed by atoms with Crippen molar-refractivity contribution in [3.05, 3.63) is 0 Å². The quantitative estimate of drug-likeness (QED) is 0.678. The lowest BCUT2D eigenvalue weighted by Gasteiger charge is -2.36. The highest BCUT2D eigenvalue weighted by molar-refractivity contribution is 5.86. The number of carbonyl (C=O) groups excluding carboxylic acids is 1. The molecule has 0 bridgehead atoms. The maximum Gasteiger partial charge on any atom is 0.390 e. The summed E-state index contributed by atoms with van der Waals surface area (Å²) in [4.78, 5) is 13.4. The lowest BCUT2D eigenvalue weighted by Crippen LogP contribution is -2.63. The Balaban J connectivity index is 2.66. The van der Waals surface area contributed by atoms with Crippen molar-refractivity contribution in [1.82, 2.24) is 10.2 Å². The fourth-order valence-corrected chi connectivity index (χ4v) is 2.44. The van der Waals surface area contributed by atoms with Crippen LogP contribution < -0.4 is 11.1 Å². The average Bonchev–Trinajstić information content (AvgIpc) is 3.15. The smallest absolute Gasteiger partial charge is 0.368 e. The van der Waals surface area contributed by atoms with E-state index in [-0.39, 0.29) is 19.0 Å². The van der Waals surface area contributed by atoms with Crippen molar-refractivity contribution < 1.29 is 18.0 Å². The number of nitrogens with one attached hydrogen (secondary N) is 1. The van der Waals surface area contributed by atoms with Gasteiger partial charge < -0.3 is 16.0 Å². The predicted molar refractivity (Wildman–Crippen MR) is 71.1 cm³/mol. The molecule has 0 aromatic carbocycles. The summed E-state index contributed by atoms with van der Waals surface area (Å²) in [7, 11) is 1.60. The summed E-state index contributed by atoms with van der Waals surface area (Å²) in [5.74, 6) is -0.327. The number of likely N-dealkylation sites (N-methyl/N-ethyl adjacent to an activating group) is 1. The molecule has 1 aliphatic rings. The third-order valence-corrected chi connectivity index (χ3v) is 3.70. The number of nitrogens with zero attached hydrogens (tertiary/aromatic N) is 1. The van der Waals surface area contributed by atoms with E-state index >= 15 is 0 Å². The second-order valence-corrected chi connectivity index (χ2v) is 5.64. The van der Waals surface area contributed by atoms with Crippen molar-refractivity contribution in [3.63, 3.8) is 0 Å². The first-order valence-corrected chi connectivity index (χ1v) is 7.01. The number of rotatable bonds is 9. The van der Waals surface area contributed by atoms with Crippen molar-refractivity contribution in [2.75, 3.05) is 26.7 Å². The second kappa shape index (κ2) is 6.76. The van der Waals surface area contributed by atoms with Gasteiger partial charge in [-0.05, 0) is 38.8 Å². The molecule has 0 aromatic heterocycles. The van der Waals surface area contributed by atoms with Crippen molar-refractivity contribution in [3.8, 4) is 0 Å². The molecule has 20 heavy (non-hydrogen) atoms. The molecule has 0 saturated heterocycles. The van der Waals surface area contributed by atoms with Gasteiger partial charge in [-0.3, -0.25) is 4.79 Å². The predicted octanol–water partition coefficient (Wildman–Crippen LogP) is 1.50. The summed E-state index contributed by atoms with van der Waals surface area (Å²) in [6.07, 6.45) is -2.43. The lowest BCUT2D eigenvalue weighted by molar-refractivity contribution is -0.138. The van der Waals surface area contributed by atoms with Gasteiger partial charge in [0, 0.05) is 13.1 Å². The molecule has 1 atom stereocenters. The largest absolute Gasteiger partial charge is 0.390 e. The van der Waals surface area contributed by atoms with Crippen LogP contribution in [0.5, 0.6) is 0 Å². The molecule has 3 N–H and O–H groups in total. The summed E-state index contributed by atoms with van der Waals surface area (Å²) in [6, 6.07) is 0. The highest BCUT2D eigenvalue weighted by Crippen LogP contribution is 2.40. The topological polar surface area (TPSA) is 58.4 Å². The summed E-state index contributed by atoms with van der Waals surface area (Å²) in [6.45, 7) is 2.70. The fourth-order valence-electron chi connectivity index (χ4n) is 2.44. The van der Waals surface area contributed by atoms with Gasteiger partial charge in [0.25, 0.3) is 0 Å². The van der Waals surface area contributed by atoms with E-state index in [9.17, 15) is 18.0 Å². The number of amides is 1. The van der Waals surface area contributed by atoms with E-state index in [1.54, 1.807) is 11.9 Å². The molecule has 0 aromatic rings. The minimum absolute atomic E-state index is 0.126. The number of carbonyl (C=O) groups is 1. The van der Waals surface area contributed by atoms with Crippen molar-refractivity contribution >= 4 is 5.91 Å². The van der Waals surface area contributed by atoms with Gasteiger partial charge in [-0.1, -0.05) is 6.92 Å². The molecule has 0 spiro atoms. The zero-order chi connectivity index (χ0) is 15.4. The van der Waals surface area contributed by atoms with Gasteiger partial charge in [-0.15, -0.1) is 0 Å². The Kier molecular flexibility index (Phi) is 5.82. The van der Waals surface area contributed by atoms with E-state index < -0.39 is 24.0 Å². The van der Waals surface area contributed by atoms with E-state index in [0.717, 1.165) is 19.3 Å². The summed E-state index contributed by atoms with van der Waals surface area (Å²) < 4.78 is 36.7. The van der Waals surface area contributed by atoms with Crippen molar-refractivity contribution in [2.24, 2.45) is 11.7 Å². The van der Waals surface area contributed by atoms with E-state index in [0.29, 0.717) is 6.54 Å². The molecule has 7 heteroatoms. The average molecular weight is 295 g/mol. The molecule has 1 saturated carbocycles. The van der Waals surface area contributed by atoms with Gasteiger partial charge in [-0.2, -0.15) is 13.2 Å². The Morgan fingerprint density at radius 1 is 1.40 bits per heavy atom. The highest BCUT2D eigenvalue weighted by Gasteiger charge is 2.50. The molecule has 1 aliphatic carbocycles. The molecule has 1 fully saturated rings. The van der Waals surface area contributed by atoms with Gasteiger partial charge in [-0.25, -0.2) is 0 Å². The molecule has 0 heterocycles. The lowest BCUT2D eigenvalue weighted by atomic mass is 9.91. The minimum Gasteiger partial charge on any atom is -0.368 e. The van der Waals surface area contributed by atoms with E-state index in [1.807, 2.05) is 6.92 Å².